The molecule has 0 aromatic heterocycles. The predicted molar refractivity (Wildman–Crippen MR) is 101 cm³/mol. The molecule has 0 heterocycles. The van der Waals surface area contributed by atoms with Crippen LogP contribution in [0.25, 0.3) is 0 Å². The standard InChI is InChI=1S/C22H40O2/c1-2-3-4-5-6-7-8-9-18-10-12-19(13-11-18)20-14-16-21(17-15-20)22(23)24/h18-21H,2-17H2,1H3,(H,23,24)/t18-,19-,20-,21-. The molecule has 24 heavy (non-hydrogen) atoms. The second-order valence-corrected chi connectivity index (χ2v) is 8.64. The fourth-order valence-corrected chi connectivity index (χ4v) is 5.18. The van der Waals surface area contributed by atoms with Gasteiger partial charge in [0.2, 0.25) is 0 Å². The van der Waals surface area contributed by atoms with Gasteiger partial charge in [-0.2, -0.15) is 0 Å². The average Bonchev–Trinajstić information content (AvgIpc) is 2.61. The van der Waals surface area contributed by atoms with Crippen LogP contribution in [0, 0.1) is 23.7 Å². The number of hydrogen-bond acceptors (Lipinski definition) is 1. The normalized spacial score (nSPS) is 31.0. The van der Waals surface area contributed by atoms with E-state index < -0.39 is 5.97 Å². The molecule has 0 aliphatic heterocycles. The maximum absolute atomic E-state index is 11.1. The van der Waals surface area contributed by atoms with Crippen LogP contribution in [0.4, 0.5) is 0 Å². The molecule has 2 aliphatic rings. The summed E-state index contributed by atoms with van der Waals surface area (Å²) in [6.45, 7) is 2.29. The first-order valence-corrected chi connectivity index (χ1v) is 10.9. The van der Waals surface area contributed by atoms with Crippen molar-refractivity contribution in [3.8, 4) is 0 Å². The van der Waals surface area contributed by atoms with Gasteiger partial charge < -0.3 is 5.11 Å². The molecule has 2 nitrogen and oxygen atoms in total. The Balaban J connectivity index is 1.51. The Bertz CT molecular complexity index is 336. The van der Waals surface area contributed by atoms with Crippen molar-refractivity contribution in [2.75, 3.05) is 0 Å². The molecule has 0 atom stereocenters. The molecule has 0 spiro atoms. The van der Waals surface area contributed by atoms with Crippen molar-refractivity contribution in [1.29, 1.82) is 0 Å². The molecule has 140 valence electrons. The van der Waals surface area contributed by atoms with Gasteiger partial charge in [-0.1, -0.05) is 71.1 Å². The lowest BCUT2D eigenvalue weighted by Crippen LogP contribution is -2.28. The van der Waals surface area contributed by atoms with Gasteiger partial charge in [0.25, 0.3) is 0 Å². The molecule has 2 saturated carbocycles. The molecule has 0 saturated heterocycles. The topological polar surface area (TPSA) is 37.3 Å². The third kappa shape index (κ3) is 6.76. The van der Waals surface area contributed by atoms with Crippen LogP contribution in [0.2, 0.25) is 0 Å². The van der Waals surface area contributed by atoms with Crippen molar-refractivity contribution in [3.05, 3.63) is 0 Å². The lowest BCUT2D eigenvalue weighted by molar-refractivity contribution is -0.143. The van der Waals surface area contributed by atoms with Crippen LogP contribution >= 0.6 is 0 Å². The average molecular weight is 337 g/mol. The second-order valence-electron chi connectivity index (χ2n) is 8.64. The van der Waals surface area contributed by atoms with Gasteiger partial charge in [0, 0.05) is 0 Å². The van der Waals surface area contributed by atoms with Crippen molar-refractivity contribution in [2.24, 2.45) is 23.7 Å². The molecule has 2 rings (SSSR count). The van der Waals surface area contributed by atoms with E-state index in [0.717, 1.165) is 30.6 Å². The monoisotopic (exact) mass is 336 g/mol. The number of rotatable bonds is 10. The van der Waals surface area contributed by atoms with Gasteiger partial charge in [0.1, 0.15) is 0 Å². The molecular weight excluding hydrogens is 296 g/mol. The summed E-state index contributed by atoms with van der Waals surface area (Å²) in [6.07, 6.45) is 21.4. The van der Waals surface area contributed by atoms with Gasteiger partial charge in [-0.05, 0) is 56.3 Å². The zero-order valence-electron chi connectivity index (χ0n) is 16.0. The molecule has 0 bridgehead atoms. The van der Waals surface area contributed by atoms with Crippen molar-refractivity contribution in [2.45, 2.75) is 110 Å². The van der Waals surface area contributed by atoms with Crippen LogP contribution in [0.1, 0.15) is 110 Å². The first-order valence-electron chi connectivity index (χ1n) is 10.9. The molecule has 2 aliphatic carbocycles. The Kier molecular flexibility index (Phi) is 9.20. The van der Waals surface area contributed by atoms with Crippen molar-refractivity contribution >= 4 is 5.97 Å². The molecule has 0 amide bonds. The predicted octanol–water partition coefficient (Wildman–Crippen LogP) is 6.82. The van der Waals surface area contributed by atoms with Crippen LogP contribution in [-0.4, -0.2) is 11.1 Å². The maximum atomic E-state index is 11.1. The second kappa shape index (κ2) is 11.2. The van der Waals surface area contributed by atoms with Crippen LogP contribution < -0.4 is 0 Å². The number of carboxylic acids is 1. The third-order valence-corrected chi connectivity index (χ3v) is 6.90. The van der Waals surface area contributed by atoms with Crippen molar-refractivity contribution in [3.63, 3.8) is 0 Å². The number of carboxylic acid groups (broad SMARTS) is 1. The number of unbranched alkanes of at least 4 members (excludes halogenated alkanes) is 6. The maximum Gasteiger partial charge on any atom is 0.306 e. The van der Waals surface area contributed by atoms with Gasteiger partial charge in [-0.25, -0.2) is 0 Å². The van der Waals surface area contributed by atoms with Gasteiger partial charge in [-0.3, -0.25) is 4.79 Å². The van der Waals surface area contributed by atoms with Gasteiger partial charge in [-0.15, -0.1) is 0 Å². The van der Waals surface area contributed by atoms with Crippen LogP contribution in [-0.2, 0) is 4.79 Å². The number of hydrogen-bond donors (Lipinski definition) is 1. The Morgan fingerprint density at radius 1 is 0.750 bits per heavy atom. The van der Waals surface area contributed by atoms with E-state index in [2.05, 4.69) is 6.92 Å². The van der Waals surface area contributed by atoms with E-state index in [1.165, 1.54) is 89.9 Å². The van der Waals surface area contributed by atoms with E-state index in [9.17, 15) is 4.79 Å². The zero-order valence-corrected chi connectivity index (χ0v) is 16.0. The highest BCUT2D eigenvalue weighted by molar-refractivity contribution is 5.69. The Labute approximate surface area is 149 Å². The Morgan fingerprint density at radius 2 is 1.25 bits per heavy atom. The zero-order chi connectivity index (χ0) is 17.2. The first kappa shape index (κ1) is 19.8. The smallest absolute Gasteiger partial charge is 0.306 e. The highest BCUT2D eigenvalue weighted by Crippen LogP contribution is 2.42. The van der Waals surface area contributed by atoms with E-state index in [1.807, 2.05) is 0 Å². The SMILES string of the molecule is CCCCCCCCC[C@H]1CC[C@H]([C@H]2CC[C@H](C(=O)O)CC2)CC1. The van der Waals surface area contributed by atoms with E-state index >= 15 is 0 Å². The van der Waals surface area contributed by atoms with E-state index in [0.29, 0.717) is 0 Å². The van der Waals surface area contributed by atoms with Gasteiger partial charge in [0.05, 0.1) is 5.92 Å². The molecule has 2 heteroatoms. The molecule has 0 aromatic rings. The quantitative estimate of drug-likeness (QED) is 0.444. The van der Waals surface area contributed by atoms with Crippen LogP contribution in [0.3, 0.4) is 0 Å². The highest BCUT2D eigenvalue weighted by Gasteiger charge is 2.32. The number of carbonyl (C=O) groups is 1. The minimum absolute atomic E-state index is 0.0464. The molecule has 0 radical (unpaired) electrons. The summed E-state index contributed by atoms with van der Waals surface area (Å²) < 4.78 is 0. The summed E-state index contributed by atoms with van der Waals surface area (Å²) in [6, 6.07) is 0. The highest BCUT2D eigenvalue weighted by atomic mass is 16.4. The fourth-order valence-electron chi connectivity index (χ4n) is 5.18. The van der Waals surface area contributed by atoms with E-state index in [4.69, 9.17) is 5.11 Å². The third-order valence-electron chi connectivity index (χ3n) is 6.90. The Morgan fingerprint density at radius 3 is 1.79 bits per heavy atom. The van der Waals surface area contributed by atoms with Crippen molar-refractivity contribution < 1.29 is 9.90 Å². The molecule has 1 N–H and O–H groups in total. The minimum Gasteiger partial charge on any atom is -0.481 e. The first-order chi connectivity index (χ1) is 11.7. The van der Waals surface area contributed by atoms with Crippen molar-refractivity contribution in [1.82, 2.24) is 0 Å². The lowest BCUT2D eigenvalue weighted by atomic mass is 9.68. The fraction of sp³-hybridized carbons (Fsp3) is 0.955. The molecule has 0 unspecified atom stereocenters. The van der Waals surface area contributed by atoms with E-state index in [-0.39, 0.29) is 5.92 Å². The Hall–Kier alpha value is -0.530. The summed E-state index contributed by atoms with van der Waals surface area (Å²) >= 11 is 0. The number of aliphatic carboxylic acids is 1. The summed E-state index contributed by atoms with van der Waals surface area (Å²) in [5.74, 6) is 2.12. The summed E-state index contributed by atoms with van der Waals surface area (Å²) in [4.78, 5) is 11.1. The molecular formula is C22H40O2. The van der Waals surface area contributed by atoms with Gasteiger partial charge in [0.15, 0.2) is 0 Å². The lowest BCUT2D eigenvalue weighted by Gasteiger charge is -2.37. The summed E-state index contributed by atoms with van der Waals surface area (Å²) in [7, 11) is 0. The van der Waals surface area contributed by atoms with Crippen LogP contribution in [0.5, 0.6) is 0 Å². The van der Waals surface area contributed by atoms with Gasteiger partial charge >= 0.3 is 5.97 Å². The van der Waals surface area contributed by atoms with E-state index in [1.54, 1.807) is 0 Å². The molecule has 0 aromatic carbocycles. The largest absolute Gasteiger partial charge is 0.481 e. The summed E-state index contributed by atoms with van der Waals surface area (Å²) in [5.41, 5.74) is 0. The summed E-state index contributed by atoms with van der Waals surface area (Å²) in [5, 5.41) is 9.13. The minimum atomic E-state index is -0.563. The van der Waals surface area contributed by atoms with Crippen LogP contribution in [0.15, 0.2) is 0 Å². The molecule has 2 fully saturated rings.